The first-order valence-electron chi connectivity index (χ1n) is 9.70. The van der Waals surface area contributed by atoms with Crippen LogP contribution in [0.25, 0.3) is 22.7 Å². The summed E-state index contributed by atoms with van der Waals surface area (Å²) in [5.74, 6) is 0.550. The summed E-state index contributed by atoms with van der Waals surface area (Å²) in [6, 6.07) is 15.9. The number of nitrogens with one attached hydrogen (secondary N) is 2. The van der Waals surface area contributed by atoms with Crippen LogP contribution in [0.4, 0.5) is 5.13 Å². The highest BCUT2D eigenvalue weighted by Gasteiger charge is 2.13. The van der Waals surface area contributed by atoms with Gasteiger partial charge in [0, 0.05) is 23.9 Å². The molecule has 4 aromatic rings. The van der Waals surface area contributed by atoms with Gasteiger partial charge in [0.15, 0.2) is 10.9 Å². The zero-order valence-corrected chi connectivity index (χ0v) is 17.9. The minimum atomic E-state index is -0.420. The summed E-state index contributed by atoms with van der Waals surface area (Å²) in [7, 11) is 0. The largest absolute Gasteiger partial charge is 0.458 e. The van der Waals surface area contributed by atoms with Crippen molar-refractivity contribution in [3.05, 3.63) is 76.1 Å². The maximum absolute atomic E-state index is 12.5. The van der Waals surface area contributed by atoms with Crippen LogP contribution in [-0.2, 0) is 22.7 Å². The topological polar surface area (TPSA) is 119 Å². The van der Waals surface area contributed by atoms with E-state index in [0.717, 1.165) is 10.2 Å². The average Bonchev–Trinajstić information content (AvgIpc) is 3.44. The van der Waals surface area contributed by atoms with Gasteiger partial charge in [-0.1, -0.05) is 30.3 Å². The number of carbonyl (C=O) groups is 2. The van der Waals surface area contributed by atoms with Gasteiger partial charge in [-0.15, -0.1) is 11.3 Å². The van der Waals surface area contributed by atoms with Crippen molar-refractivity contribution < 1.29 is 14.0 Å². The van der Waals surface area contributed by atoms with Crippen LogP contribution in [0.5, 0.6) is 0 Å². The normalized spacial score (nSPS) is 10.7. The summed E-state index contributed by atoms with van der Waals surface area (Å²) in [5.41, 5.74) is 1.63. The zero-order valence-electron chi connectivity index (χ0n) is 17.1. The number of furan rings is 1. The van der Waals surface area contributed by atoms with Crippen molar-refractivity contribution in [2.24, 2.45) is 0 Å². The number of anilines is 1. The van der Waals surface area contributed by atoms with Gasteiger partial charge in [-0.05, 0) is 18.2 Å². The van der Waals surface area contributed by atoms with Crippen molar-refractivity contribution >= 4 is 28.3 Å². The number of hydrogen-bond acceptors (Lipinski definition) is 7. The van der Waals surface area contributed by atoms with Crippen LogP contribution >= 0.6 is 11.3 Å². The highest BCUT2D eigenvalue weighted by atomic mass is 32.1. The Morgan fingerprint density at radius 1 is 1.06 bits per heavy atom. The quantitative estimate of drug-likeness (QED) is 0.448. The second-order valence-corrected chi connectivity index (χ2v) is 7.70. The molecule has 162 valence electrons. The van der Waals surface area contributed by atoms with Crippen LogP contribution in [0, 0.1) is 0 Å². The number of carbonyl (C=O) groups excluding carboxylic acids is 2. The number of nitrogens with zero attached hydrogens (tertiary/aromatic N) is 3. The first kappa shape index (κ1) is 21.2. The summed E-state index contributed by atoms with van der Waals surface area (Å²) in [5, 5.41) is 11.8. The van der Waals surface area contributed by atoms with Gasteiger partial charge >= 0.3 is 0 Å². The molecule has 0 unspecified atom stereocenters. The van der Waals surface area contributed by atoms with Gasteiger partial charge in [-0.25, -0.2) is 9.67 Å². The van der Waals surface area contributed by atoms with Crippen molar-refractivity contribution in [3.8, 4) is 22.7 Å². The summed E-state index contributed by atoms with van der Waals surface area (Å²) in [6.07, 6.45) is 0. The van der Waals surface area contributed by atoms with Gasteiger partial charge in [0.1, 0.15) is 18.0 Å². The van der Waals surface area contributed by atoms with E-state index in [9.17, 15) is 14.4 Å². The number of aromatic nitrogens is 3. The fourth-order valence-electron chi connectivity index (χ4n) is 2.89. The molecule has 2 N–H and O–H groups in total. The Balaban J connectivity index is 1.42. The standard InChI is InChI=1S/C22H19N5O4S/c1-14(28)23-11-16-7-9-19(31-16)18-13-32-22(24-18)25-20(29)12-27-21(30)10-8-17(26-27)15-5-3-2-4-6-15/h2-10,13H,11-12H2,1H3,(H,23,28)(H,24,25,29). The number of benzene rings is 1. The molecule has 0 radical (unpaired) electrons. The van der Waals surface area contributed by atoms with E-state index < -0.39 is 5.91 Å². The number of rotatable bonds is 7. The van der Waals surface area contributed by atoms with Crippen molar-refractivity contribution in [1.82, 2.24) is 20.1 Å². The molecule has 0 aliphatic rings. The van der Waals surface area contributed by atoms with Crippen LogP contribution < -0.4 is 16.2 Å². The Morgan fingerprint density at radius 3 is 2.66 bits per heavy atom. The smallest absolute Gasteiger partial charge is 0.267 e. The van der Waals surface area contributed by atoms with Gasteiger partial charge < -0.3 is 15.1 Å². The number of hydrogen-bond donors (Lipinski definition) is 2. The van der Waals surface area contributed by atoms with Crippen molar-refractivity contribution in [2.75, 3.05) is 5.32 Å². The lowest BCUT2D eigenvalue weighted by Gasteiger charge is -2.07. The lowest BCUT2D eigenvalue weighted by atomic mass is 10.1. The first-order chi connectivity index (χ1) is 15.5. The van der Waals surface area contributed by atoms with E-state index in [4.69, 9.17) is 4.42 Å². The second-order valence-electron chi connectivity index (χ2n) is 6.84. The Bertz CT molecular complexity index is 1310. The van der Waals surface area contributed by atoms with Crippen molar-refractivity contribution in [2.45, 2.75) is 20.0 Å². The summed E-state index contributed by atoms with van der Waals surface area (Å²) in [6.45, 7) is 1.48. The predicted octanol–water partition coefficient (Wildman–Crippen LogP) is 2.90. The van der Waals surface area contributed by atoms with Crippen LogP contribution in [0.1, 0.15) is 12.7 Å². The molecule has 9 nitrogen and oxygen atoms in total. The molecule has 0 saturated heterocycles. The molecule has 3 heterocycles. The van der Waals surface area contributed by atoms with E-state index in [-0.39, 0.29) is 24.6 Å². The zero-order chi connectivity index (χ0) is 22.5. The molecule has 0 fully saturated rings. The molecule has 32 heavy (non-hydrogen) atoms. The lowest BCUT2D eigenvalue weighted by Crippen LogP contribution is -2.29. The van der Waals surface area contributed by atoms with E-state index in [1.165, 1.54) is 24.3 Å². The fourth-order valence-corrected chi connectivity index (χ4v) is 3.60. The van der Waals surface area contributed by atoms with Crippen LogP contribution in [-0.4, -0.2) is 26.6 Å². The van der Waals surface area contributed by atoms with E-state index >= 15 is 0 Å². The molecular weight excluding hydrogens is 430 g/mol. The molecule has 0 saturated carbocycles. The molecule has 4 rings (SSSR count). The molecule has 2 amide bonds. The van der Waals surface area contributed by atoms with Crippen LogP contribution in [0.3, 0.4) is 0 Å². The van der Waals surface area contributed by atoms with Crippen LogP contribution in [0.15, 0.2) is 69.2 Å². The third kappa shape index (κ3) is 5.16. The summed E-state index contributed by atoms with van der Waals surface area (Å²) in [4.78, 5) is 40.0. The minimum Gasteiger partial charge on any atom is -0.458 e. The molecule has 0 aliphatic heterocycles. The van der Waals surface area contributed by atoms with E-state index in [1.807, 2.05) is 30.3 Å². The molecular formula is C22H19N5O4S. The lowest BCUT2D eigenvalue weighted by molar-refractivity contribution is -0.119. The van der Waals surface area contributed by atoms with Gasteiger partial charge in [-0.3, -0.25) is 14.4 Å². The Kier molecular flexibility index (Phi) is 6.22. The molecule has 0 aliphatic carbocycles. The molecule has 0 spiro atoms. The molecule has 0 atom stereocenters. The third-order valence-corrected chi connectivity index (χ3v) is 5.16. The SMILES string of the molecule is CC(=O)NCc1ccc(-c2csc(NC(=O)Cn3nc(-c4ccccc4)ccc3=O)n2)o1. The van der Waals surface area contributed by atoms with Crippen molar-refractivity contribution in [3.63, 3.8) is 0 Å². The van der Waals surface area contributed by atoms with E-state index in [1.54, 1.807) is 23.6 Å². The monoisotopic (exact) mass is 449 g/mol. The highest BCUT2D eigenvalue weighted by Crippen LogP contribution is 2.26. The summed E-state index contributed by atoms with van der Waals surface area (Å²) < 4.78 is 6.78. The van der Waals surface area contributed by atoms with Crippen LogP contribution in [0.2, 0.25) is 0 Å². The summed E-state index contributed by atoms with van der Waals surface area (Å²) >= 11 is 1.23. The molecule has 10 heteroatoms. The Hall–Kier alpha value is -4.05. The Morgan fingerprint density at radius 2 is 1.88 bits per heavy atom. The van der Waals surface area contributed by atoms with Gasteiger partial charge in [0.2, 0.25) is 11.8 Å². The van der Waals surface area contributed by atoms with E-state index in [2.05, 4.69) is 20.7 Å². The van der Waals surface area contributed by atoms with Gasteiger partial charge in [0.25, 0.3) is 5.56 Å². The highest BCUT2D eigenvalue weighted by molar-refractivity contribution is 7.14. The average molecular weight is 449 g/mol. The number of amides is 2. The molecule has 0 bridgehead atoms. The van der Waals surface area contributed by atoms with Gasteiger partial charge in [-0.2, -0.15) is 5.10 Å². The van der Waals surface area contributed by atoms with Crippen molar-refractivity contribution in [1.29, 1.82) is 0 Å². The fraction of sp³-hybridized carbons (Fsp3) is 0.136. The number of thiazole rings is 1. The maximum Gasteiger partial charge on any atom is 0.267 e. The first-order valence-corrected chi connectivity index (χ1v) is 10.6. The van der Waals surface area contributed by atoms with E-state index in [0.29, 0.717) is 28.0 Å². The minimum absolute atomic E-state index is 0.149. The second kappa shape index (κ2) is 9.40. The molecule has 3 aromatic heterocycles. The van der Waals surface area contributed by atoms with Gasteiger partial charge in [0.05, 0.1) is 12.2 Å². The molecule has 1 aromatic carbocycles. The predicted molar refractivity (Wildman–Crippen MR) is 120 cm³/mol. The maximum atomic E-state index is 12.5. The Labute approximate surface area is 186 Å². The third-order valence-electron chi connectivity index (χ3n) is 4.41.